The predicted octanol–water partition coefficient (Wildman–Crippen LogP) is 3.08. The molecule has 1 unspecified atom stereocenters. The molecule has 2 N–H and O–H groups in total. The fourth-order valence-electron chi connectivity index (χ4n) is 3.06. The number of rotatable bonds is 5. The Morgan fingerprint density at radius 3 is 2.79 bits per heavy atom. The van der Waals surface area contributed by atoms with Gasteiger partial charge in [0.1, 0.15) is 0 Å². The Labute approximate surface area is 125 Å². The van der Waals surface area contributed by atoms with E-state index in [0.29, 0.717) is 5.41 Å². The highest BCUT2D eigenvalue weighted by Gasteiger charge is 2.48. The van der Waals surface area contributed by atoms with Gasteiger partial charge in [0.05, 0.1) is 0 Å². The zero-order valence-corrected chi connectivity index (χ0v) is 13.9. The molecule has 2 nitrogen and oxygen atoms in total. The second-order valence-corrected chi connectivity index (χ2v) is 8.31. The van der Waals surface area contributed by atoms with Crippen molar-refractivity contribution in [3.63, 3.8) is 0 Å². The molecule has 1 saturated heterocycles. The molecule has 0 saturated carbocycles. The number of nitrogens with zero attached hydrogens (tertiary/aromatic N) is 1. The Morgan fingerprint density at radius 1 is 1.42 bits per heavy atom. The van der Waals surface area contributed by atoms with E-state index in [2.05, 4.69) is 55.1 Å². The summed E-state index contributed by atoms with van der Waals surface area (Å²) in [5.41, 5.74) is 6.66. The van der Waals surface area contributed by atoms with Crippen LogP contribution in [0, 0.1) is 5.41 Å². The largest absolute Gasteiger partial charge is 0.329 e. The lowest BCUT2D eigenvalue weighted by Gasteiger charge is -2.54. The van der Waals surface area contributed by atoms with Gasteiger partial charge < -0.3 is 5.73 Å². The molecule has 0 radical (unpaired) electrons. The second-order valence-electron chi connectivity index (χ2n) is 6.17. The highest BCUT2D eigenvalue weighted by atomic mass is 32.2. The van der Waals surface area contributed by atoms with E-state index in [1.807, 2.05) is 11.3 Å². The minimum atomic E-state index is 0.146. The Morgan fingerprint density at radius 2 is 2.21 bits per heavy atom. The van der Waals surface area contributed by atoms with Gasteiger partial charge in [-0.25, -0.2) is 0 Å². The highest BCUT2D eigenvalue weighted by Crippen LogP contribution is 2.45. The molecule has 19 heavy (non-hydrogen) atoms. The Balaban J connectivity index is 2.06. The van der Waals surface area contributed by atoms with Crippen LogP contribution in [-0.4, -0.2) is 42.1 Å². The van der Waals surface area contributed by atoms with Crippen molar-refractivity contribution in [3.8, 4) is 0 Å². The molecule has 0 bridgehead atoms. The van der Waals surface area contributed by atoms with Gasteiger partial charge in [-0.15, -0.1) is 11.3 Å². The lowest BCUT2D eigenvalue weighted by atomic mass is 9.70. The summed E-state index contributed by atoms with van der Waals surface area (Å²) < 4.78 is 0. The van der Waals surface area contributed by atoms with Crippen molar-refractivity contribution in [2.24, 2.45) is 11.1 Å². The number of hydrogen-bond acceptors (Lipinski definition) is 4. The van der Waals surface area contributed by atoms with Crippen molar-refractivity contribution in [2.75, 3.05) is 31.6 Å². The summed E-state index contributed by atoms with van der Waals surface area (Å²) in [6.07, 6.45) is 2.40. The summed E-state index contributed by atoms with van der Waals surface area (Å²) in [7, 11) is 2.26. The van der Waals surface area contributed by atoms with Crippen molar-refractivity contribution >= 4 is 23.1 Å². The van der Waals surface area contributed by atoms with Crippen LogP contribution in [0.1, 0.15) is 25.1 Å². The molecule has 1 atom stereocenters. The molecule has 4 heteroatoms. The summed E-state index contributed by atoms with van der Waals surface area (Å²) in [5.74, 6) is 2.44. The first-order chi connectivity index (χ1) is 9.02. The van der Waals surface area contributed by atoms with Crippen molar-refractivity contribution in [2.45, 2.75) is 32.2 Å². The molecule has 0 aromatic carbocycles. The molecule has 108 valence electrons. The average Bonchev–Trinajstić information content (AvgIpc) is 2.89. The van der Waals surface area contributed by atoms with Gasteiger partial charge in [-0.3, -0.25) is 4.90 Å². The third-order valence-electron chi connectivity index (χ3n) is 4.81. The molecule has 1 aliphatic heterocycles. The van der Waals surface area contributed by atoms with E-state index < -0.39 is 0 Å². The van der Waals surface area contributed by atoms with Crippen LogP contribution in [-0.2, 0) is 6.42 Å². The molecular weight excluding hydrogens is 272 g/mol. The number of likely N-dealkylation sites (N-methyl/N-ethyl adjacent to an activating group) is 1. The lowest BCUT2D eigenvalue weighted by molar-refractivity contribution is 0.0212. The van der Waals surface area contributed by atoms with Crippen LogP contribution in [0.3, 0.4) is 0 Å². The standard InChI is InChI=1S/C15H26N2S2/c1-14(2)7-10-18-12-15(14,11-16)17(3)8-6-13-5-4-9-19-13/h4-5,9H,6-8,10-12,16H2,1-3H3. The second kappa shape index (κ2) is 6.17. The summed E-state index contributed by atoms with van der Waals surface area (Å²) in [5, 5.41) is 2.16. The van der Waals surface area contributed by atoms with E-state index in [-0.39, 0.29) is 5.54 Å². The Bertz CT molecular complexity index is 389. The van der Waals surface area contributed by atoms with E-state index in [4.69, 9.17) is 5.73 Å². The first-order valence-electron chi connectivity index (χ1n) is 7.03. The lowest BCUT2D eigenvalue weighted by Crippen LogP contribution is -2.64. The van der Waals surface area contributed by atoms with Crippen molar-refractivity contribution in [1.29, 1.82) is 0 Å². The summed E-state index contributed by atoms with van der Waals surface area (Å²) in [6.45, 7) is 6.64. The topological polar surface area (TPSA) is 29.3 Å². The first kappa shape index (κ1) is 15.4. The molecule has 2 rings (SSSR count). The quantitative estimate of drug-likeness (QED) is 0.906. The maximum absolute atomic E-state index is 6.21. The van der Waals surface area contributed by atoms with Crippen LogP contribution in [0.2, 0.25) is 0 Å². The van der Waals surface area contributed by atoms with Crippen LogP contribution >= 0.6 is 23.1 Å². The van der Waals surface area contributed by atoms with Crippen LogP contribution < -0.4 is 5.73 Å². The molecule has 1 aromatic rings. The third-order valence-corrected chi connectivity index (χ3v) is 6.92. The minimum Gasteiger partial charge on any atom is -0.329 e. The van der Waals surface area contributed by atoms with Gasteiger partial charge in [-0.05, 0) is 42.5 Å². The van der Waals surface area contributed by atoms with E-state index in [1.165, 1.54) is 17.1 Å². The number of nitrogens with two attached hydrogens (primary N) is 1. The van der Waals surface area contributed by atoms with E-state index in [1.54, 1.807) is 0 Å². The smallest absolute Gasteiger partial charge is 0.0470 e. The number of thioether (sulfide) groups is 1. The first-order valence-corrected chi connectivity index (χ1v) is 9.07. The Hall–Kier alpha value is -0.0300. The van der Waals surface area contributed by atoms with Gasteiger partial charge in [0.2, 0.25) is 0 Å². The monoisotopic (exact) mass is 298 g/mol. The zero-order chi connectivity index (χ0) is 13.9. The molecule has 1 aromatic heterocycles. The van der Waals surface area contributed by atoms with Gasteiger partial charge in [0, 0.05) is 29.3 Å². The van der Waals surface area contributed by atoms with E-state index in [9.17, 15) is 0 Å². The molecular formula is C15H26N2S2. The maximum Gasteiger partial charge on any atom is 0.0470 e. The minimum absolute atomic E-state index is 0.146. The van der Waals surface area contributed by atoms with Crippen molar-refractivity contribution in [3.05, 3.63) is 22.4 Å². The number of hydrogen-bond donors (Lipinski definition) is 1. The van der Waals surface area contributed by atoms with Crippen LogP contribution in [0.25, 0.3) is 0 Å². The molecule has 1 fully saturated rings. The van der Waals surface area contributed by atoms with Crippen molar-refractivity contribution < 1.29 is 0 Å². The van der Waals surface area contributed by atoms with Crippen LogP contribution in [0.4, 0.5) is 0 Å². The average molecular weight is 299 g/mol. The molecule has 0 aliphatic carbocycles. The molecule has 2 heterocycles. The normalized spacial score (nSPS) is 26.8. The van der Waals surface area contributed by atoms with Crippen LogP contribution in [0.5, 0.6) is 0 Å². The third kappa shape index (κ3) is 3.02. The fraction of sp³-hybridized carbons (Fsp3) is 0.733. The highest BCUT2D eigenvalue weighted by molar-refractivity contribution is 7.99. The SMILES string of the molecule is CN(CCc1cccs1)C1(CN)CSCCC1(C)C. The molecule has 0 spiro atoms. The van der Waals surface area contributed by atoms with Gasteiger partial charge in [0.25, 0.3) is 0 Å². The van der Waals surface area contributed by atoms with Crippen LogP contribution in [0.15, 0.2) is 17.5 Å². The Kier molecular flexibility index (Phi) is 4.99. The zero-order valence-electron chi connectivity index (χ0n) is 12.3. The van der Waals surface area contributed by atoms with E-state index in [0.717, 1.165) is 25.3 Å². The van der Waals surface area contributed by atoms with Crippen molar-refractivity contribution in [1.82, 2.24) is 4.90 Å². The summed E-state index contributed by atoms with van der Waals surface area (Å²) >= 11 is 3.92. The van der Waals surface area contributed by atoms with Gasteiger partial charge in [-0.2, -0.15) is 11.8 Å². The summed E-state index contributed by atoms with van der Waals surface area (Å²) in [4.78, 5) is 4.00. The van der Waals surface area contributed by atoms with E-state index >= 15 is 0 Å². The maximum atomic E-state index is 6.21. The summed E-state index contributed by atoms with van der Waals surface area (Å²) in [6, 6.07) is 4.37. The molecule has 0 amide bonds. The van der Waals surface area contributed by atoms with Gasteiger partial charge in [0.15, 0.2) is 0 Å². The predicted molar refractivity (Wildman–Crippen MR) is 88.2 cm³/mol. The van der Waals surface area contributed by atoms with Gasteiger partial charge >= 0.3 is 0 Å². The van der Waals surface area contributed by atoms with Gasteiger partial charge in [-0.1, -0.05) is 19.9 Å². The molecule has 1 aliphatic rings. The fourth-order valence-corrected chi connectivity index (χ4v) is 5.62. The number of thiophene rings is 1.